The van der Waals surface area contributed by atoms with Gasteiger partial charge in [0.25, 0.3) is 0 Å². The topological polar surface area (TPSA) is 49.2 Å². The van der Waals surface area contributed by atoms with Gasteiger partial charge >= 0.3 is 0 Å². The van der Waals surface area contributed by atoms with Gasteiger partial charge in [0.1, 0.15) is 17.3 Å². The van der Waals surface area contributed by atoms with Crippen molar-refractivity contribution < 1.29 is 5.11 Å². The van der Waals surface area contributed by atoms with Crippen LogP contribution < -0.4 is 4.90 Å². The van der Waals surface area contributed by atoms with Crippen molar-refractivity contribution in [1.29, 1.82) is 0 Å². The summed E-state index contributed by atoms with van der Waals surface area (Å²) in [6.07, 6.45) is 9.22. The lowest BCUT2D eigenvalue weighted by molar-refractivity contribution is 0.281. The van der Waals surface area contributed by atoms with Gasteiger partial charge in [-0.3, -0.25) is 0 Å². The number of aromatic nitrogens is 2. The van der Waals surface area contributed by atoms with Gasteiger partial charge < -0.3 is 10.0 Å². The highest BCUT2D eigenvalue weighted by molar-refractivity contribution is 6.30. The van der Waals surface area contributed by atoms with E-state index in [0.717, 1.165) is 6.54 Å². The zero-order valence-corrected chi connectivity index (χ0v) is 10.2. The number of nitrogens with zero attached hydrogens (tertiary/aromatic N) is 3. The van der Waals surface area contributed by atoms with Gasteiger partial charge in [0, 0.05) is 6.54 Å². The molecule has 1 heterocycles. The van der Waals surface area contributed by atoms with Gasteiger partial charge in [-0.25, -0.2) is 9.97 Å². The molecule has 0 spiro atoms. The van der Waals surface area contributed by atoms with Gasteiger partial charge in [0.15, 0.2) is 0 Å². The van der Waals surface area contributed by atoms with E-state index in [1.54, 1.807) is 0 Å². The molecule has 0 aliphatic heterocycles. The van der Waals surface area contributed by atoms with E-state index < -0.39 is 0 Å². The maximum atomic E-state index is 9.32. The second-order valence-electron chi connectivity index (χ2n) is 4.15. The molecular formula is C12H14ClN3O. The third kappa shape index (κ3) is 2.87. The minimum absolute atomic E-state index is 0.180. The van der Waals surface area contributed by atoms with Crippen LogP contribution in [0.3, 0.4) is 0 Å². The molecule has 0 bridgehead atoms. The second kappa shape index (κ2) is 5.35. The van der Waals surface area contributed by atoms with Crippen LogP contribution in [-0.4, -0.2) is 28.2 Å². The largest absolute Gasteiger partial charge is 0.391 e. The Hall–Kier alpha value is -1.31. The predicted octanol–water partition coefficient (Wildman–Crippen LogP) is 1.47. The lowest BCUT2D eigenvalue weighted by Crippen LogP contribution is -2.28. The van der Waals surface area contributed by atoms with Crippen LogP contribution in [0, 0.1) is 18.3 Å². The van der Waals surface area contributed by atoms with Gasteiger partial charge in [-0.2, -0.15) is 0 Å². The van der Waals surface area contributed by atoms with E-state index in [4.69, 9.17) is 18.0 Å². The minimum Gasteiger partial charge on any atom is -0.391 e. The van der Waals surface area contributed by atoms with Crippen LogP contribution in [0.5, 0.6) is 0 Å². The van der Waals surface area contributed by atoms with E-state index in [1.807, 2.05) is 4.90 Å². The Labute approximate surface area is 106 Å². The number of hydrogen-bond acceptors (Lipinski definition) is 4. The Balaban J connectivity index is 2.27. The van der Waals surface area contributed by atoms with Crippen molar-refractivity contribution in [2.75, 3.05) is 18.0 Å². The van der Waals surface area contributed by atoms with Crippen LogP contribution in [0.15, 0.2) is 6.33 Å². The van der Waals surface area contributed by atoms with Crippen LogP contribution in [0.2, 0.25) is 5.15 Å². The number of rotatable bonds is 5. The summed E-state index contributed by atoms with van der Waals surface area (Å²) >= 11 is 5.94. The number of halogens is 1. The third-order valence-electron chi connectivity index (χ3n) is 2.79. The number of terminal acetylenes is 1. The van der Waals surface area contributed by atoms with Crippen LogP contribution >= 0.6 is 11.6 Å². The first-order valence-corrected chi connectivity index (χ1v) is 5.92. The maximum absolute atomic E-state index is 9.32. The Bertz CT molecular complexity index is 440. The fraction of sp³-hybridized carbons (Fsp3) is 0.500. The van der Waals surface area contributed by atoms with Crippen molar-refractivity contribution in [3.63, 3.8) is 0 Å². The summed E-state index contributed by atoms with van der Waals surface area (Å²) in [4.78, 5) is 10.0. The fourth-order valence-electron chi connectivity index (χ4n) is 1.74. The number of anilines is 1. The minimum atomic E-state index is -0.180. The summed E-state index contributed by atoms with van der Waals surface area (Å²) in [5, 5.41) is 9.61. The van der Waals surface area contributed by atoms with Crippen LogP contribution in [0.4, 0.5) is 5.82 Å². The average molecular weight is 252 g/mol. The fourth-order valence-corrected chi connectivity index (χ4v) is 1.93. The third-order valence-corrected chi connectivity index (χ3v) is 3.11. The lowest BCUT2D eigenvalue weighted by Gasteiger charge is -2.23. The van der Waals surface area contributed by atoms with E-state index in [0.29, 0.717) is 23.8 Å². The van der Waals surface area contributed by atoms with Gasteiger partial charge in [0.2, 0.25) is 0 Å². The van der Waals surface area contributed by atoms with E-state index in [2.05, 4.69) is 15.9 Å². The Morgan fingerprint density at radius 1 is 1.53 bits per heavy atom. The molecule has 1 aliphatic rings. The number of aliphatic hydroxyl groups is 1. The lowest BCUT2D eigenvalue weighted by atomic mass is 10.2. The highest BCUT2D eigenvalue weighted by atomic mass is 35.5. The molecule has 1 aromatic heterocycles. The van der Waals surface area contributed by atoms with E-state index in [-0.39, 0.29) is 11.8 Å². The van der Waals surface area contributed by atoms with Gasteiger partial charge in [-0.1, -0.05) is 17.5 Å². The molecule has 4 nitrogen and oxygen atoms in total. The maximum Gasteiger partial charge on any atom is 0.140 e. The van der Waals surface area contributed by atoms with Crippen LogP contribution in [0.25, 0.3) is 0 Å². The molecule has 0 radical (unpaired) electrons. The predicted molar refractivity (Wildman–Crippen MR) is 66.7 cm³/mol. The van der Waals surface area contributed by atoms with Crippen LogP contribution in [0.1, 0.15) is 18.4 Å². The molecule has 90 valence electrons. The Kier molecular flexibility index (Phi) is 3.82. The first kappa shape index (κ1) is 12.2. The summed E-state index contributed by atoms with van der Waals surface area (Å²) in [7, 11) is 0. The SMILES string of the molecule is C#CCN(CC1CC1)c1ncnc(Cl)c1CO. The van der Waals surface area contributed by atoms with Crippen LogP contribution in [-0.2, 0) is 6.61 Å². The molecule has 1 aromatic rings. The molecule has 0 atom stereocenters. The Morgan fingerprint density at radius 3 is 2.88 bits per heavy atom. The molecule has 0 amide bonds. The first-order valence-electron chi connectivity index (χ1n) is 5.55. The summed E-state index contributed by atoms with van der Waals surface area (Å²) < 4.78 is 0. The molecular weight excluding hydrogens is 238 g/mol. The van der Waals surface area contributed by atoms with Gasteiger partial charge in [0.05, 0.1) is 18.7 Å². The van der Waals surface area contributed by atoms with Crippen molar-refractivity contribution in [2.24, 2.45) is 5.92 Å². The average Bonchev–Trinajstić information content (AvgIpc) is 3.12. The molecule has 2 rings (SSSR count). The van der Waals surface area contributed by atoms with Gasteiger partial charge in [-0.05, 0) is 18.8 Å². The zero-order valence-electron chi connectivity index (χ0n) is 9.43. The van der Waals surface area contributed by atoms with Crippen molar-refractivity contribution in [3.05, 3.63) is 17.0 Å². The summed E-state index contributed by atoms with van der Waals surface area (Å²) in [5.74, 6) is 3.95. The normalized spacial score (nSPS) is 14.4. The molecule has 1 N–H and O–H groups in total. The van der Waals surface area contributed by atoms with Crippen molar-refractivity contribution in [1.82, 2.24) is 9.97 Å². The smallest absolute Gasteiger partial charge is 0.140 e. The first-order chi connectivity index (χ1) is 8.26. The molecule has 1 fully saturated rings. The molecule has 1 aliphatic carbocycles. The van der Waals surface area contributed by atoms with Gasteiger partial charge in [-0.15, -0.1) is 6.42 Å². The summed E-state index contributed by atoms with van der Waals surface area (Å²) in [5.41, 5.74) is 0.546. The number of aliphatic hydroxyl groups excluding tert-OH is 1. The highest BCUT2D eigenvalue weighted by Gasteiger charge is 2.26. The van der Waals surface area contributed by atoms with E-state index >= 15 is 0 Å². The molecule has 17 heavy (non-hydrogen) atoms. The zero-order chi connectivity index (χ0) is 12.3. The molecule has 0 aromatic carbocycles. The van der Waals surface area contributed by atoms with Crippen molar-refractivity contribution in [2.45, 2.75) is 19.4 Å². The highest BCUT2D eigenvalue weighted by Crippen LogP contribution is 2.32. The number of hydrogen-bond donors (Lipinski definition) is 1. The summed E-state index contributed by atoms with van der Waals surface area (Å²) in [6.45, 7) is 1.15. The Morgan fingerprint density at radius 2 is 2.29 bits per heavy atom. The quantitative estimate of drug-likeness (QED) is 0.636. The standard InChI is InChI=1S/C12H14ClN3O/c1-2-5-16(6-9-3-4-9)12-10(7-17)11(13)14-8-15-12/h1,8-9,17H,3-7H2. The molecule has 1 saturated carbocycles. The molecule has 5 heteroatoms. The van der Waals surface area contributed by atoms with Crippen molar-refractivity contribution in [3.8, 4) is 12.3 Å². The molecule has 0 unspecified atom stereocenters. The molecule has 0 saturated heterocycles. The monoisotopic (exact) mass is 251 g/mol. The summed E-state index contributed by atoms with van der Waals surface area (Å²) in [6, 6.07) is 0. The van der Waals surface area contributed by atoms with Crippen molar-refractivity contribution >= 4 is 17.4 Å². The van der Waals surface area contributed by atoms with E-state index in [1.165, 1.54) is 19.2 Å². The second-order valence-corrected chi connectivity index (χ2v) is 4.51. The van der Waals surface area contributed by atoms with E-state index in [9.17, 15) is 5.11 Å².